The van der Waals surface area contributed by atoms with Crippen LogP contribution in [-0.4, -0.2) is 33.8 Å². The molecule has 1 aromatic carbocycles. The number of aryl methyl sites for hydroxylation is 1. The van der Waals surface area contributed by atoms with Crippen LogP contribution in [-0.2, 0) is 6.54 Å². The molecule has 6 nitrogen and oxygen atoms in total. The van der Waals surface area contributed by atoms with Gasteiger partial charge in [-0.05, 0) is 49.6 Å². The predicted molar refractivity (Wildman–Crippen MR) is 111 cm³/mol. The standard InChI is InChI=1S/C21H21ClFN5O/c1-14-19(20(22)28(26-14)13-15-4-6-16(23)7-5-15)21(29)25-17-8-9-18(24-12-17)27-10-2-3-11-27/h4-9,12H,2-3,10-11,13H2,1H3,(H,25,29). The van der Waals surface area contributed by atoms with Crippen LogP contribution >= 0.6 is 11.6 Å². The quantitative estimate of drug-likeness (QED) is 0.678. The lowest BCUT2D eigenvalue weighted by molar-refractivity contribution is 0.102. The molecule has 3 heterocycles. The summed E-state index contributed by atoms with van der Waals surface area (Å²) in [6.45, 7) is 4.11. The highest BCUT2D eigenvalue weighted by Crippen LogP contribution is 2.23. The first-order valence-corrected chi connectivity index (χ1v) is 9.89. The molecule has 0 spiro atoms. The fraction of sp³-hybridized carbons (Fsp3) is 0.286. The molecule has 1 aliphatic heterocycles. The van der Waals surface area contributed by atoms with Gasteiger partial charge in [-0.3, -0.25) is 4.79 Å². The number of benzene rings is 1. The number of carbonyl (C=O) groups is 1. The summed E-state index contributed by atoms with van der Waals surface area (Å²) in [5, 5.41) is 7.44. The van der Waals surface area contributed by atoms with Crippen molar-refractivity contribution in [3.8, 4) is 0 Å². The molecule has 29 heavy (non-hydrogen) atoms. The molecule has 150 valence electrons. The fourth-order valence-corrected chi connectivity index (χ4v) is 3.79. The largest absolute Gasteiger partial charge is 0.357 e. The van der Waals surface area contributed by atoms with E-state index in [-0.39, 0.29) is 16.9 Å². The van der Waals surface area contributed by atoms with Crippen molar-refractivity contribution in [3.05, 3.63) is 70.4 Å². The number of hydrogen-bond acceptors (Lipinski definition) is 4. The predicted octanol–water partition coefficient (Wildman–Crippen LogP) is 4.28. The summed E-state index contributed by atoms with van der Waals surface area (Å²) >= 11 is 6.43. The van der Waals surface area contributed by atoms with Crippen molar-refractivity contribution in [2.75, 3.05) is 23.3 Å². The molecule has 0 bridgehead atoms. The highest BCUT2D eigenvalue weighted by molar-refractivity contribution is 6.33. The van der Waals surface area contributed by atoms with E-state index in [0.717, 1.165) is 24.5 Å². The van der Waals surface area contributed by atoms with Crippen molar-refractivity contribution in [1.82, 2.24) is 14.8 Å². The lowest BCUT2D eigenvalue weighted by Gasteiger charge is -2.16. The third-order valence-corrected chi connectivity index (χ3v) is 5.36. The summed E-state index contributed by atoms with van der Waals surface area (Å²) in [6, 6.07) is 9.84. The maximum Gasteiger partial charge on any atom is 0.260 e. The van der Waals surface area contributed by atoms with E-state index in [1.165, 1.54) is 29.7 Å². The Labute approximate surface area is 173 Å². The van der Waals surface area contributed by atoms with Gasteiger partial charge in [0.25, 0.3) is 5.91 Å². The number of amides is 1. The van der Waals surface area contributed by atoms with E-state index in [4.69, 9.17) is 11.6 Å². The van der Waals surface area contributed by atoms with Gasteiger partial charge in [-0.1, -0.05) is 23.7 Å². The van der Waals surface area contributed by atoms with Crippen molar-refractivity contribution in [3.63, 3.8) is 0 Å². The summed E-state index contributed by atoms with van der Waals surface area (Å²) in [4.78, 5) is 19.4. The monoisotopic (exact) mass is 413 g/mol. The van der Waals surface area contributed by atoms with E-state index in [9.17, 15) is 9.18 Å². The van der Waals surface area contributed by atoms with Crippen molar-refractivity contribution in [2.24, 2.45) is 0 Å². The Bertz CT molecular complexity index is 1010. The second kappa shape index (κ2) is 8.21. The van der Waals surface area contributed by atoms with Gasteiger partial charge in [0.2, 0.25) is 0 Å². The first-order chi connectivity index (χ1) is 14.0. The summed E-state index contributed by atoms with van der Waals surface area (Å²) in [5.41, 5.74) is 2.28. The molecule has 0 aliphatic carbocycles. The Balaban J connectivity index is 1.48. The van der Waals surface area contributed by atoms with Gasteiger partial charge in [0.05, 0.1) is 29.7 Å². The van der Waals surface area contributed by atoms with Crippen molar-refractivity contribution >= 4 is 29.0 Å². The lowest BCUT2D eigenvalue weighted by Crippen LogP contribution is -2.19. The van der Waals surface area contributed by atoms with Gasteiger partial charge in [0.1, 0.15) is 16.8 Å². The molecule has 1 amide bonds. The van der Waals surface area contributed by atoms with E-state index >= 15 is 0 Å². The number of anilines is 2. The lowest BCUT2D eigenvalue weighted by atomic mass is 10.2. The summed E-state index contributed by atoms with van der Waals surface area (Å²) < 4.78 is 14.6. The molecule has 1 N–H and O–H groups in total. The molecule has 0 unspecified atom stereocenters. The number of nitrogens with zero attached hydrogens (tertiary/aromatic N) is 4. The molecule has 8 heteroatoms. The Morgan fingerprint density at radius 1 is 1.17 bits per heavy atom. The highest BCUT2D eigenvalue weighted by Gasteiger charge is 2.21. The van der Waals surface area contributed by atoms with Crippen LogP contribution in [0.5, 0.6) is 0 Å². The van der Waals surface area contributed by atoms with Crippen LogP contribution in [0.25, 0.3) is 0 Å². The molecule has 3 aromatic rings. The van der Waals surface area contributed by atoms with Crippen molar-refractivity contribution in [2.45, 2.75) is 26.3 Å². The second-order valence-corrected chi connectivity index (χ2v) is 7.45. The highest BCUT2D eigenvalue weighted by atomic mass is 35.5. The van der Waals surface area contributed by atoms with E-state index < -0.39 is 0 Å². The maximum atomic E-state index is 13.1. The summed E-state index contributed by atoms with van der Waals surface area (Å²) in [7, 11) is 0. The zero-order chi connectivity index (χ0) is 20.4. The number of pyridine rings is 1. The van der Waals surface area contributed by atoms with Crippen LogP contribution in [0.2, 0.25) is 5.15 Å². The molecule has 1 saturated heterocycles. The van der Waals surface area contributed by atoms with E-state index in [1.807, 2.05) is 12.1 Å². The first-order valence-electron chi connectivity index (χ1n) is 9.51. The minimum Gasteiger partial charge on any atom is -0.357 e. The molecule has 2 aromatic heterocycles. The minimum absolute atomic E-state index is 0.242. The zero-order valence-corrected chi connectivity index (χ0v) is 16.8. The molecule has 0 atom stereocenters. The summed E-state index contributed by atoms with van der Waals surface area (Å²) in [5.74, 6) is 0.274. The van der Waals surface area contributed by atoms with Gasteiger partial charge in [-0.2, -0.15) is 5.10 Å². The number of aromatic nitrogens is 3. The van der Waals surface area contributed by atoms with Gasteiger partial charge in [-0.25, -0.2) is 14.1 Å². The number of rotatable bonds is 5. The molecular weight excluding hydrogens is 393 g/mol. The second-order valence-electron chi connectivity index (χ2n) is 7.09. The van der Waals surface area contributed by atoms with Gasteiger partial charge >= 0.3 is 0 Å². The van der Waals surface area contributed by atoms with Crippen LogP contribution in [0.1, 0.15) is 34.5 Å². The van der Waals surface area contributed by atoms with Crippen LogP contribution in [0.4, 0.5) is 15.9 Å². The Kier molecular flexibility index (Phi) is 5.49. The Morgan fingerprint density at radius 3 is 2.55 bits per heavy atom. The summed E-state index contributed by atoms with van der Waals surface area (Å²) in [6.07, 6.45) is 4.01. The molecular formula is C21H21ClFN5O. The van der Waals surface area contributed by atoms with Crippen LogP contribution in [0, 0.1) is 12.7 Å². The molecule has 1 fully saturated rings. The third-order valence-electron chi connectivity index (χ3n) is 4.97. The van der Waals surface area contributed by atoms with Crippen LogP contribution in [0.3, 0.4) is 0 Å². The van der Waals surface area contributed by atoms with Gasteiger partial charge < -0.3 is 10.2 Å². The smallest absolute Gasteiger partial charge is 0.260 e. The topological polar surface area (TPSA) is 63.1 Å². The zero-order valence-electron chi connectivity index (χ0n) is 16.0. The van der Waals surface area contributed by atoms with Gasteiger partial charge in [-0.15, -0.1) is 0 Å². The van der Waals surface area contributed by atoms with Crippen molar-refractivity contribution in [1.29, 1.82) is 0 Å². The fourth-order valence-electron chi connectivity index (χ4n) is 3.47. The number of hydrogen-bond donors (Lipinski definition) is 1. The molecule has 1 aliphatic rings. The van der Waals surface area contributed by atoms with E-state index in [0.29, 0.717) is 23.5 Å². The maximum absolute atomic E-state index is 13.1. The van der Waals surface area contributed by atoms with Crippen LogP contribution in [0.15, 0.2) is 42.6 Å². The molecule has 0 saturated carbocycles. The Hall–Kier alpha value is -2.93. The van der Waals surface area contributed by atoms with Crippen LogP contribution < -0.4 is 10.2 Å². The third kappa shape index (κ3) is 4.24. The molecule has 4 rings (SSSR count). The number of nitrogens with one attached hydrogen (secondary N) is 1. The SMILES string of the molecule is Cc1nn(Cc2ccc(F)cc2)c(Cl)c1C(=O)Nc1ccc(N2CCCC2)nc1. The number of halogens is 2. The van der Waals surface area contributed by atoms with Gasteiger partial charge in [0.15, 0.2) is 0 Å². The normalized spacial score (nSPS) is 13.7. The molecule has 0 radical (unpaired) electrons. The average Bonchev–Trinajstić information content (AvgIpc) is 3.33. The van der Waals surface area contributed by atoms with E-state index in [2.05, 4.69) is 20.3 Å². The Morgan fingerprint density at radius 2 is 1.90 bits per heavy atom. The van der Waals surface area contributed by atoms with Crippen molar-refractivity contribution < 1.29 is 9.18 Å². The minimum atomic E-state index is -0.339. The first kappa shape index (κ1) is 19.4. The number of carbonyl (C=O) groups excluding carboxylic acids is 1. The van der Waals surface area contributed by atoms with Gasteiger partial charge in [0, 0.05) is 13.1 Å². The van der Waals surface area contributed by atoms with E-state index in [1.54, 1.807) is 25.3 Å². The average molecular weight is 414 g/mol.